The Morgan fingerprint density at radius 1 is 1.38 bits per heavy atom. The van der Waals surface area contributed by atoms with E-state index < -0.39 is 6.09 Å². The minimum Gasteiger partial charge on any atom is -0.442 e. The first-order valence-corrected chi connectivity index (χ1v) is 6.85. The van der Waals surface area contributed by atoms with Crippen molar-refractivity contribution in [2.45, 2.75) is 32.4 Å². The molecule has 1 N–H and O–H groups in total. The van der Waals surface area contributed by atoms with Gasteiger partial charge in [0.25, 0.3) is 0 Å². The number of ketones is 1. The molecule has 1 saturated heterocycles. The van der Waals surface area contributed by atoms with Gasteiger partial charge in [-0.3, -0.25) is 14.5 Å². The van der Waals surface area contributed by atoms with Crippen LogP contribution in [-0.4, -0.2) is 36.5 Å². The van der Waals surface area contributed by atoms with Crippen molar-refractivity contribution in [3.63, 3.8) is 0 Å². The fourth-order valence-corrected chi connectivity index (χ4v) is 2.92. The number of ether oxygens (including phenoxy) is 1. The van der Waals surface area contributed by atoms with Crippen LogP contribution in [0.3, 0.4) is 0 Å². The van der Waals surface area contributed by atoms with Crippen molar-refractivity contribution >= 4 is 23.5 Å². The molecule has 1 fully saturated rings. The highest BCUT2D eigenvalue weighted by Crippen LogP contribution is 2.39. The van der Waals surface area contributed by atoms with Gasteiger partial charge in [-0.05, 0) is 37.1 Å². The summed E-state index contributed by atoms with van der Waals surface area (Å²) < 4.78 is 5.32. The van der Waals surface area contributed by atoms with Crippen molar-refractivity contribution in [2.24, 2.45) is 0 Å². The largest absolute Gasteiger partial charge is 0.442 e. The molecule has 0 aromatic heterocycles. The Hall–Kier alpha value is -2.37. The second-order valence-electron chi connectivity index (χ2n) is 5.40. The highest BCUT2D eigenvalue weighted by Gasteiger charge is 2.47. The SMILES string of the molecule is CC(=O)NC[C@@H]1OC(=O)N2c3ccc(C(C)=O)cc3C[C@H]12. The Morgan fingerprint density at radius 3 is 2.81 bits per heavy atom. The van der Waals surface area contributed by atoms with Gasteiger partial charge in [0.05, 0.1) is 18.3 Å². The molecule has 110 valence electrons. The molecule has 1 aromatic carbocycles. The van der Waals surface area contributed by atoms with Gasteiger partial charge in [0.1, 0.15) is 6.10 Å². The summed E-state index contributed by atoms with van der Waals surface area (Å²) in [6, 6.07) is 5.21. The van der Waals surface area contributed by atoms with E-state index in [0.29, 0.717) is 18.5 Å². The fourth-order valence-electron chi connectivity index (χ4n) is 2.92. The summed E-state index contributed by atoms with van der Waals surface area (Å²) >= 11 is 0. The van der Waals surface area contributed by atoms with E-state index in [1.165, 1.54) is 13.8 Å². The van der Waals surface area contributed by atoms with E-state index in [9.17, 15) is 14.4 Å². The molecule has 2 atom stereocenters. The second kappa shape index (κ2) is 4.87. The minimum absolute atomic E-state index is 0.00207. The molecule has 0 bridgehead atoms. The molecule has 0 saturated carbocycles. The lowest BCUT2D eigenvalue weighted by molar-refractivity contribution is -0.119. The number of Topliss-reactive ketones (excluding diaryl/α,β-unsaturated/α-hetero) is 1. The van der Waals surface area contributed by atoms with Crippen molar-refractivity contribution in [1.29, 1.82) is 0 Å². The molecule has 2 amide bonds. The maximum absolute atomic E-state index is 12.0. The summed E-state index contributed by atoms with van der Waals surface area (Å²) in [7, 11) is 0. The van der Waals surface area contributed by atoms with E-state index in [2.05, 4.69) is 5.32 Å². The third-order valence-electron chi connectivity index (χ3n) is 3.94. The zero-order valence-electron chi connectivity index (χ0n) is 11.9. The van der Waals surface area contributed by atoms with Gasteiger partial charge in [-0.1, -0.05) is 0 Å². The number of benzene rings is 1. The number of fused-ring (bicyclic) bond motifs is 3. The van der Waals surface area contributed by atoms with Gasteiger partial charge in [0.15, 0.2) is 5.78 Å². The standard InChI is InChI=1S/C15H16N2O4/c1-8(18)10-3-4-12-11(5-10)6-13-14(7-16-9(2)19)21-15(20)17(12)13/h3-5,13-14H,6-7H2,1-2H3,(H,16,19)/t13-,14+/m1/s1. The van der Waals surface area contributed by atoms with E-state index in [1.807, 2.05) is 6.07 Å². The second-order valence-corrected chi connectivity index (χ2v) is 5.40. The molecule has 6 nitrogen and oxygen atoms in total. The lowest BCUT2D eigenvalue weighted by Gasteiger charge is -2.16. The Kier molecular flexibility index (Phi) is 3.16. The molecule has 0 radical (unpaired) electrons. The topological polar surface area (TPSA) is 75.7 Å². The Balaban J connectivity index is 1.86. The van der Waals surface area contributed by atoms with Gasteiger partial charge in [0, 0.05) is 12.5 Å². The summed E-state index contributed by atoms with van der Waals surface area (Å²) in [6.45, 7) is 3.25. The van der Waals surface area contributed by atoms with E-state index in [1.54, 1.807) is 17.0 Å². The summed E-state index contributed by atoms with van der Waals surface area (Å²) in [6.07, 6.45) is -0.133. The molecule has 2 heterocycles. The average Bonchev–Trinajstić information content (AvgIpc) is 2.93. The lowest BCUT2D eigenvalue weighted by Crippen LogP contribution is -2.40. The number of carbonyl (C=O) groups is 3. The molecule has 0 aliphatic carbocycles. The van der Waals surface area contributed by atoms with E-state index in [-0.39, 0.29) is 23.8 Å². The van der Waals surface area contributed by atoms with E-state index in [0.717, 1.165) is 11.3 Å². The molecular weight excluding hydrogens is 272 g/mol. The number of hydrogen-bond acceptors (Lipinski definition) is 4. The van der Waals surface area contributed by atoms with Crippen LogP contribution in [0.4, 0.5) is 10.5 Å². The molecule has 6 heteroatoms. The van der Waals surface area contributed by atoms with Crippen molar-refractivity contribution < 1.29 is 19.1 Å². The van der Waals surface area contributed by atoms with Gasteiger partial charge >= 0.3 is 6.09 Å². The van der Waals surface area contributed by atoms with Crippen molar-refractivity contribution in [2.75, 3.05) is 11.4 Å². The van der Waals surface area contributed by atoms with E-state index in [4.69, 9.17) is 4.74 Å². The zero-order valence-corrected chi connectivity index (χ0v) is 11.9. The summed E-state index contributed by atoms with van der Waals surface area (Å²) in [5.41, 5.74) is 2.40. The number of nitrogens with zero attached hydrogens (tertiary/aromatic N) is 1. The van der Waals surface area contributed by atoms with Crippen LogP contribution in [0.2, 0.25) is 0 Å². The van der Waals surface area contributed by atoms with Gasteiger partial charge in [0.2, 0.25) is 5.91 Å². The van der Waals surface area contributed by atoms with Crippen LogP contribution in [0.25, 0.3) is 0 Å². The highest BCUT2D eigenvalue weighted by atomic mass is 16.6. The number of carbonyl (C=O) groups excluding carboxylic acids is 3. The van der Waals surface area contributed by atoms with Crippen LogP contribution in [0.15, 0.2) is 18.2 Å². The van der Waals surface area contributed by atoms with Crippen LogP contribution in [0, 0.1) is 0 Å². The van der Waals surface area contributed by atoms with Crippen LogP contribution in [0.5, 0.6) is 0 Å². The number of anilines is 1. The van der Waals surface area contributed by atoms with Gasteiger partial charge in [-0.15, -0.1) is 0 Å². The Labute approximate surface area is 122 Å². The predicted molar refractivity (Wildman–Crippen MR) is 75.4 cm³/mol. The first-order chi connectivity index (χ1) is 9.97. The van der Waals surface area contributed by atoms with Gasteiger partial charge in [-0.25, -0.2) is 4.79 Å². The zero-order chi connectivity index (χ0) is 15.1. The summed E-state index contributed by atoms with van der Waals surface area (Å²) in [5.74, 6) is -0.152. The molecule has 1 aromatic rings. The molecule has 21 heavy (non-hydrogen) atoms. The van der Waals surface area contributed by atoms with Crippen LogP contribution >= 0.6 is 0 Å². The highest BCUT2D eigenvalue weighted by molar-refractivity contribution is 5.98. The number of rotatable bonds is 3. The number of nitrogens with one attached hydrogen (secondary N) is 1. The van der Waals surface area contributed by atoms with Gasteiger partial charge < -0.3 is 10.1 Å². The number of amides is 2. The van der Waals surface area contributed by atoms with Crippen LogP contribution in [-0.2, 0) is 16.0 Å². The maximum atomic E-state index is 12.0. The lowest BCUT2D eigenvalue weighted by atomic mass is 10.0. The first-order valence-electron chi connectivity index (χ1n) is 6.85. The normalized spacial score (nSPS) is 22.6. The average molecular weight is 288 g/mol. The Bertz CT molecular complexity index is 641. The molecule has 0 spiro atoms. The molecule has 2 aliphatic heterocycles. The van der Waals surface area contributed by atoms with Crippen molar-refractivity contribution in [1.82, 2.24) is 5.32 Å². The summed E-state index contributed by atoms with van der Waals surface area (Å²) in [4.78, 5) is 36.1. The number of cyclic esters (lactones) is 1. The molecule has 3 rings (SSSR count). The molecule has 0 unspecified atom stereocenters. The van der Waals surface area contributed by atoms with Crippen molar-refractivity contribution in [3.05, 3.63) is 29.3 Å². The number of hydrogen-bond donors (Lipinski definition) is 1. The summed E-state index contributed by atoms with van der Waals surface area (Å²) in [5, 5.41) is 2.68. The Morgan fingerprint density at radius 2 is 2.14 bits per heavy atom. The first kappa shape index (κ1) is 13.6. The molecule has 2 aliphatic rings. The van der Waals surface area contributed by atoms with E-state index >= 15 is 0 Å². The maximum Gasteiger partial charge on any atom is 0.415 e. The van der Waals surface area contributed by atoms with Gasteiger partial charge in [-0.2, -0.15) is 0 Å². The predicted octanol–water partition coefficient (Wildman–Crippen LogP) is 1.28. The van der Waals surface area contributed by atoms with Crippen molar-refractivity contribution in [3.8, 4) is 0 Å². The minimum atomic E-state index is -0.398. The third kappa shape index (κ3) is 2.26. The molecular formula is C15H16N2O4. The smallest absolute Gasteiger partial charge is 0.415 e. The van der Waals surface area contributed by atoms with Crippen LogP contribution < -0.4 is 10.2 Å². The third-order valence-corrected chi connectivity index (χ3v) is 3.94. The monoisotopic (exact) mass is 288 g/mol. The van der Waals surface area contributed by atoms with Crippen LogP contribution in [0.1, 0.15) is 29.8 Å². The fraction of sp³-hybridized carbons (Fsp3) is 0.400. The quantitative estimate of drug-likeness (QED) is 0.850.